The number of fused-ring (bicyclic) bond motifs is 1. The molecule has 2 N–H and O–H groups in total. The van der Waals surface area contributed by atoms with Gasteiger partial charge in [-0.25, -0.2) is 4.98 Å². The molecule has 0 radical (unpaired) electrons. The maximum atomic E-state index is 12.8. The Bertz CT molecular complexity index is 1110. The lowest BCUT2D eigenvalue weighted by molar-refractivity contribution is 0.0935. The number of hydrogen-bond acceptors (Lipinski definition) is 4. The van der Waals surface area contributed by atoms with Gasteiger partial charge in [0, 0.05) is 16.8 Å². The van der Waals surface area contributed by atoms with Gasteiger partial charge < -0.3 is 15.1 Å². The molecule has 1 atom stereocenters. The Hall–Kier alpha value is -3.31. The molecule has 2 heterocycles. The molecule has 0 fully saturated rings. The van der Waals surface area contributed by atoms with Gasteiger partial charge in [0.05, 0.1) is 17.7 Å². The van der Waals surface area contributed by atoms with E-state index in [1.807, 2.05) is 55.5 Å². The lowest BCUT2D eigenvalue weighted by Crippen LogP contribution is -2.27. The zero-order valence-electron chi connectivity index (χ0n) is 15.1. The van der Waals surface area contributed by atoms with Crippen LogP contribution in [0, 0.1) is 0 Å². The van der Waals surface area contributed by atoms with E-state index >= 15 is 0 Å². The minimum absolute atomic E-state index is 0.143. The van der Waals surface area contributed by atoms with Crippen molar-refractivity contribution in [1.29, 1.82) is 0 Å². The summed E-state index contributed by atoms with van der Waals surface area (Å²) < 4.78 is 5.51. The van der Waals surface area contributed by atoms with E-state index in [2.05, 4.69) is 15.6 Å². The van der Waals surface area contributed by atoms with Gasteiger partial charge in [-0.05, 0) is 42.8 Å². The third kappa shape index (κ3) is 3.85. The van der Waals surface area contributed by atoms with Crippen LogP contribution in [0.2, 0.25) is 5.02 Å². The van der Waals surface area contributed by atoms with E-state index in [4.69, 9.17) is 16.0 Å². The number of pyridine rings is 1. The van der Waals surface area contributed by atoms with Crippen LogP contribution in [0.5, 0.6) is 0 Å². The Morgan fingerprint density at radius 2 is 1.82 bits per heavy atom. The molecule has 4 aromatic rings. The molecule has 0 saturated heterocycles. The second-order valence-electron chi connectivity index (χ2n) is 6.43. The Kier molecular flexibility index (Phi) is 5.00. The average Bonchev–Trinajstić information content (AvgIpc) is 3.19. The Morgan fingerprint density at radius 1 is 1.07 bits per heavy atom. The first-order valence-corrected chi connectivity index (χ1v) is 9.24. The van der Waals surface area contributed by atoms with Crippen LogP contribution < -0.4 is 10.6 Å². The van der Waals surface area contributed by atoms with Crippen molar-refractivity contribution in [3.05, 3.63) is 89.3 Å². The number of nitrogens with one attached hydrogen (secondary N) is 2. The van der Waals surface area contributed by atoms with Gasteiger partial charge in [0.1, 0.15) is 17.1 Å². The number of halogens is 1. The second-order valence-corrected chi connectivity index (χ2v) is 6.86. The Balaban J connectivity index is 1.62. The summed E-state index contributed by atoms with van der Waals surface area (Å²) in [5.41, 5.74) is 2.70. The van der Waals surface area contributed by atoms with Crippen molar-refractivity contribution in [3.8, 4) is 0 Å². The van der Waals surface area contributed by atoms with Crippen molar-refractivity contribution < 1.29 is 9.21 Å². The van der Waals surface area contributed by atoms with Crippen LogP contribution in [0.1, 0.15) is 29.0 Å². The molecule has 140 valence electrons. The van der Waals surface area contributed by atoms with E-state index < -0.39 is 0 Å². The summed E-state index contributed by atoms with van der Waals surface area (Å²) in [5, 5.41) is 7.65. The third-order valence-corrected chi connectivity index (χ3v) is 4.69. The van der Waals surface area contributed by atoms with Crippen LogP contribution in [-0.2, 0) is 0 Å². The Labute approximate surface area is 167 Å². The fraction of sp³-hybridized carbons (Fsp3) is 0.0909. The fourth-order valence-electron chi connectivity index (χ4n) is 2.94. The highest BCUT2D eigenvalue weighted by atomic mass is 35.5. The molecular weight excluding hydrogens is 374 g/mol. The number of rotatable bonds is 5. The van der Waals surface area contributed by atoms with Crippen molar-refractivity contribution in [2.75, 3.05) is 5.32 Å². The number of hydrogen-bond donors (Lipinski definition) is 2. The number of carbonyl (C=O) groups excluding carboxylic acids is 1. The van der Waals surface area contributed by atoms with Crippen molar-refractivity contribution in [2.24, 2.45) is 0 Å². The molecule has 0 aliphatic carbocycles. The van der Waals surface area contributed by atoms with E-state index in [9.17, 15) is 4.79 Å². The summed E-state index contributed by atoms with van der Waals surface area (Å²) in [4.78, 5) is 17.3. The SMILES string of the molecule is C[C@H](NC(=O)c1cc2occc2c(Nc2ccc(Cl)cc2)n1)c1ccccc1. The highest BCUT2D eigenvalue weighted by molar-refractivity contribution is 6.30. The predicted octanol–water partition coefficient (Wildman–Crippen LogP) is 5.72. The van der Waals surface area contributed by atoms with Gasteiger partial charge in [-0.1, -0.05) is 41.9 Å². The predicted molar refractivity (Wildman–Crippen MR) is 111 cm³/mol. The molecule has 6 heteroatoms. The van der Waals surface area contributed by atoms with Gasteiger partial charge in [-0.15, -0.1) is 0 Å². The van der Waals surface area contributed by atoms with Crippen molar-refractivity contribution in [2.45, 2.75) is 13.0 Å². The van der Waals surface area contributed by atoms with E-state index in [-0.39, 0.29) is 17.6 Å². The molecule has 5 nitrogen and oxygen atoms in total. The number of benzene rings is 2. The maximum Gasteiger partial charge on any atom is 0.270 e. The second kappa shape index (κ2) is 7.74. The Morgan fingerprint density at radius 3 is 2.57 bits per heavy atom. The molecule has 0 aliphatic rings. The van der Waals surface area contributed by atoms with Crippen LogP contribution in [0.4, 0.5) is 11.5 Å². The molecule has 2 aromatic heterocycles. The number of anilines is 2. The maximum absolute atomic E-state index is 12.8. The summed E-state index contributed by atoms with van der Waals surface area (Å²) in [6.07, 6.45) is 1.58. The molecule has 1 amide bonds. The molecule has 4 rings (SSSR count). The minimum atomic E-state index is -0.270. The molecule has 2 aromatic carbocycles. The minimum Gasteiger partial charge on any atom is -0.464 e. The molecular formula is C22H18ClN3O2. The number of nitrogens with zero attached hydrogens (tertiary/aromatic N) is 1. The van der Waals surface area contributed by atoms with Crippen LogP contribution in [0.15, 0.2) is 77.4 Å². The highest BCUT2D eigenvalue weighted by Gasteiger charge is 2.17. The molecule has 0 spiro atoms. The summed E-state index contributed by atoms with van der Waals surface area (Å²) in [7, 11) is 0. The van der Waals surface area contributed by atoms with Gasteiger partial charge in [0.15, 0.2) is 0 Å². The van der Waals surface area contributed by atoms with Crippen LogP contribution in [0.3, 0.4) is 0 Å². The van der Waals surface area contributed by atoms with Gasteiger partial charge in [0.2, 0.25) is 0 Å². The summed E-state index contributed by atoms with van der Waals surface area (Å²) in [6, 6.07) is 20.4. The van der Waals surface area contributed by atoms with E-state index in [0.29, 0.717) is 16.4 Å². The smallest absolute Gasteiger partial charge is 0.270 e. The standard InChI is InChI=1S/C22H18ClN3O2/c1-14(15-5-3-2-4-6-15)24-22(27)19-13-20-18(11-12-28-20)21(26-19)25-17-9-7-16(23)8-10-17/h2-14H,1H3,(H,24,27)(H,25,26)/t14-/m0/s1. The largest absolute Gasteiger partial charge is 0.464 e. The lowest BCUT2D eigenvalue weighted by Gasteiger charge is -2.15. The van der Waals surface area contributed by atoms with Crippen LogP contribution in [0.25, 0.3) is 11.0 Å². The summed E-state index contributed by atoms with van der Waals surface area (Å²) in [6.45, 7) is 1.94. The van der Waals surface area contributed by atoms with Crippen molar-refractivity contribution in [1.82, 2.24) is 10.3 Å². The first-order valence-electron chi connectivity index (χ1n) is 8.87. The monoisotopic (exact) mass is 391 g/mol. The fourth-order valence-corrected chi connectivity index (χ4v) is 3.07. The van der Waals surface area contributed by atoms with E-state index in [1.54, 1.807) is 24.5 Å². The third-order valence-electron chi connectivity index (χ3n) is 4.44. The number of carbonyl (C=O) groups is 1. The van der Waals surface area contributed by atoms with Crippen molar-refractivity contribution >= 4 is 40.0 Å². The number of aromatic nitrogens is 1. The molecule has 0 saturated carbocycles. The zero-order valence-corrected chi connectivity index (χ0v) is 15.9. The first kappa shape index (κ1) is 18.1. The van der Waals surface area contributed by atoms with Crippen molar-refractivity contribution in [3.63, 3.8) is 0 Å². The van der Waals surface area contributed by atoms with Crippen LogP contribution in [-0.4, -0.2) is 10.9 Å². The molecule has 0 bridgehead atoms. The molecule has 0 unspecified atom stereocenters. The lowest BCUT2D eigenvalue weighted by atomic mass is 10.1. The molecule has 28 heavy (non-hydrogen) atoms. The van der Waals surface area contributed by atoms with Gasteiger partial charge in [-0.3, -0.25) is 4.79 Å². The highest BCUT2D eigenvalue weighted by Crippen LogP contribution is 2.27. The number of amides is 1. The topological polar surface area (TPSA) is 67.2 Å². The first-order chi connectivity index (χ1) is 13.6. The van der Waals surface area contributed by atoms with Gasteiger partial charge in [0.25, 0.3) is 5.91 Å². The van der Waals surface area contributed by atoms with Gasteiger partial charge >= 0.3 is 0 Å². The van der Waals surface area contributed by atoms with E-state index in [1.165, 1.54) is 0 Å². The van der Waals surface area contributed by atoms with Gasteiger partial charge in [-0.2, -0.15) is 0 Å². The van der Waals surface area contributed by atoms with Crippen LogP contribution >= 0.6 is 11.6 Å². The summed E-state index contributed by atoms with van der Waals surface area (Å²) in [5.74, 6) is 0.278. The average molecular weight is 392 g/mol. The molecule has 0 aliphatic heterocycles. The van der Waals surface area contributed by atoms with E-state index in [0.717, 1.165) is 16.6 Å². The number of furan rings is 1. The quantitative estimate of drug-likeness (QED) is 0.457. The zero-order chi connectivity index (χ0) is 19.5. The summed E-state index contributed by atoms with van der Waals surface area (Å²) >= 11 is 5.95. The normalized spacial score (nSPS) is 11.9.